The first kappa shape index (κ1) is 16.3. The van der Waals surface area contributed by atoms with E-state index >= 15 is 0 Å². The first-order chi connectivity index (χ1) is 11.1. The van der Waals surface area contributed by atoms with Crippen molar-refractivity contribution in [3.63, 3.8) is 0 Å². The molecule has 1 unspecified atom stereocenters. The first-order valence-electron chi connectivity index (χ1n) is 8.19. The second-order valence-electron chi connectivity index (χ2n) is 6.27. The number of amides is 1. The van der Waals surface area contributed by atoms with Gasteiger partial charge in [0.2, 0.25) is 0 Å². The fourth-order valence-corrected chi connectivity index (χ4v) is 3.61. The highest BCUT2D eigenvalue weighted by atomic mass is 35.5. The third-order valence-electron chi connectivity index (χ3n) is 4.62. The molecule has 5 heteroatoms. The summed E-state index contributed by atoms with van der Waals surface area (Å²) in [7, 11) is 3.75. The van der Waals surface area contributed by atoms with Gasteiger partial charge in [0, 0.05) is 32.6 Å². The lowest BCUT2D eigenvalue weighted by Gasteiger charge is -2.18. The maximum Gasteiger partial charge on any atom is 0.270 e. The van der Waals surface area contributed by atoms with Crippen molar-refractivity contribution in [2.75, 3.05) is 20.2 Å². The molecular formula is C18H23ClN2O2. The number of ether oxygens (including phenoxy) is 1. The van der Waals surface area contributed by atoms with Gasteiger partial charge in [0.1, 0.15) is 5.69 Å². The Bertz CT molecular complexity index is 704. The Kier molecular flexibility index (Phi) is 4.93. The summed E-state index contributed by atoms with van der Waals surface area (Å²) in [5, 5.41) is 1.67. The summed E-state index contributed by atoms with van der Waals surface area (Å²) >= 11 is 6.26. The van der Waals surface area contributed by atoms with Crippen LogP contribution in [-0.2, 0) is 11.8 Å². The van der Waals surface area contributed by atoms with E-state index < -0.39 is 0 Å². The maximum atomic E-state index is 12.7. The number of aromatic nitrogens is 1. The molecule has 0 spiro atoms. The molecular weight excluding hydrogens is 312 g/mol. The van der Waals surface area contributed by atoms with Gasteiger partial charge in [-0.25, -0.2) is 0 Å². The summed E-state index contributed by atoms with van der Waals surface area (Å²) in [5.74, 6) is 0.0344. The van der Waals surface area contributed by atoms with Gasteiger partial charge in [0.15, 0.2) is 0 Å². The van der Waals surface area contributed by atoms with Crippen LogP contribution < -0.4 is 0 Å². The lowest BCUT2D eigenvalue weighted by Crippen LogP contribution is -2.29. The molecule has 1 aliphatic rings. The number of carbonyl (C=O) groups excluding carboxylic acids is 1. The topological polar surface area (TPSA) is 34.5 Å². The van der Waals surface area contributed by atoms with Crippen LogP contribution in [0, 0.1) is 0 Å². The minimum atomic E-state index is 0.0344. The van der Waals surface area contributed by atoms with E-state index in [1.807, 2.05) is 42.9 Å². The Morgan fingerprint density at radius 1 is 1.48 bits per heavy atom. The molecule has 0 aliphatic carbocycles. The Hall–Kier alpha value is -1.52. The lowest BCUT2D eigenvalue weighted by molar-refractivity contribution is 0.0755. The quantitative estimate of drug-likeness (QED) is 0.832. The molecule has 1 saturated heterocycles. The van der Waals surface area contributed by atoms with Gasteiger partial charge in [-0.2, -0.15) is 0 Å². The van der Waals surface area contributed by atoms with E-state index in [1.165, 1.54) is 0 Å². The molecule has 1 aromatic heterocycles. The fraction of sp³-hybridized carbons (Fsp3) is 0.500. The second kappa shape index (κ2) is 6.93. The Balaban J connectivity index is 1.67. The highest BCUT2D eigenvalue weighted by Crippen LogP contribution is 2.26. The van der Waals surface area contributed by atoms with Crippen molar-refractivity contribution < 1.29 is 9.53 Å². The molecule has 0 saturated carbocycles. The summed E-state index contributed by atoms with van der Waals surface area (Å²) in [6, 6.07) is 7.66. The smallest absolute Gasteiger partial charge is 0.270 e. The van der Waals surface area contributed by atoms with Crippen LogP contribution >= 0.6 is 11.6 Å². The number of fused-ring (bicyclic) bond motifs is 1. The molecule has 1 amide bonds. The van der Waals surface area contributed by atoms with Crippen LogP contribution in [0.15, 0.2) is 24.3 Å². The zero-order valence-electron chi connectivity index (χ0n) is 13.7. The van der Waals surface area contributed by atoms with Crippen LogP contribution in [-0.4, -0.2) is 41.7 Å². The largest absolute Gasteiger partial charge is 0.378 e. The number of hydrogen-bond donors (Lipinski definition) is 0. The minimum Gasteiger partial charge on any atom is -0.378 e. The number of para-hydroxylation sites is 1. The van der Waals surface area contributed by atoms with E-state index in [4.69, 9.17) is 16.3 Å². The number of aryl methyl sites for hydroxylation is 1. The van der Waals surface area contributed by atoms with Crippen LogP contribution in [0.4, 0.5) is 0 Å². The third-order valence-corrected chi connectivity index (χ3v) is 4.92. The van der Waals surface area contributed by atoms with Crippen molar-refractivity contribution in [2.45, 2.75) is 31.8 Å². The number of rotatable bonds is 5. The molecule has 1 aromatic carbocycles. The standard InChI is InChI=1S/C18H23ClN2O2/c1-20(10-4-7-14-8-5-11-23-14)18(22)16-12-13-6-3-9-15(19)17(13)21(16)2/h3,6,9,12,14H,4-5,7-8,10-11H2,1-2H3. The minimum absolute atomic E-state index is 0.0344. The van der Waals surface area contributed by atoms with E-state index in [0.717, 1.165) is 49.7 Å². The molecule has 0 N–H and O–H groups in total. The van der Waals surface area contributed by atoms with E-state index in [-0.39, 0.29) is 5.91 Å². The number of hydrogen-bond acceptors (Lipinski definition) is 2. The molecule has 1 aliphatic heterocycles. The number of benzene rings is 1. The molecule has 23 heavy (non-hydrogen) atoms. The SMILES string of the molecule is CN(CCCC1CCCO1)C(=O)c1cc2cccc(Cl)c2n1C. The predicted molar refractivity (Wildman–Crippen MR) is 93.1 cm³/mol. The molecule has 4 nitrogen and oxygen atoms in total. The van der Waals surface area contributed by atoms with Crippen LogP contribution in [0.5, 0.6) is 0 Å². The summed E-state index contributed by atoms with van der Waals surface area (Å²) < 4.78 is 7.52. The van der Waals surface area contributed by atoms with Crippen molar-refractivity contribution in [2.24, 2.45) is 7.05 Å². The molecule has 124 valence electrons. The molecule has 0 bridgehead atoms. The average Bonchev–Trinajstić information content (AvgIpc) is 3.15. The molecule has 1 fully saturated rings. The Morgan fingerprint density at radius 2 is 2.30 bits per heavy atom. The van der Waals surface area contributed by atoms with Crippen molar-refractivity contribution in [3.05, 3.63) is 35.0 Å². The van der Waals surface area contributed by atoms with Crippen molar-refractivity contribution in [3.8, 4) is 0 Å². The van der Waals surface area contributed by atoms with Gasteiger partial charge in [-0.05, 0) is 37.8 Å². The van der Waals surface area contributed by atoms with Crippen molar-refractivity contribution in [1.29, 1.82) is 0 Å². The highest BCUT2D eigenvalue weighted by Gasteiger charge is 2.19. The summed E-state index contributed by atoms with van der Waals surface area (Å²) in [6.45, 7) is 1.63. The fourth-order valence-electron chi connectivity index (χ4n) is 3.30. The van der Waals surface area contributed by atoms with Gasteiger partial charge in [-0.1, -0.05) is 23.7 Å². The van der Waals surface area contributed by atoms with Crippen molar-refractivity contribution in [1.82, 2.24) is 9.47 Å². The first-order valence-corrected chi connectivity index (χ1v) is 8.56. The van der Waals surface area contributed by atoms with Gasteiger partial charge in [0.25, 0.3) is 5.91 Å². The molecule has 2 heterocycles. The highest BCUT2D eigenvalue weighted by molar-refractivity contribution is 6.35. The van der Waals surface area contributed by atoms with Crippen LogP contribution in [0.2, 0.25) is 5.02 Å². The van der Waals surface area contributed by atoms with Gasteiger partial charge < -0.3 is 14.2 Å². The van der Waals surface area contributed by atoms with Crippen LogP contribution in [0.3, 0.4) is 0 Å². The van der Waals surface area contributed by atoms with Gasteiger partial charge in [-0.15, -0.1) is 0 Å². The maximum absolute atomic E-state index is 12.7. The lowest BCUT2D eigenvalue weighted by atomic mass is 10.1. The van der Waals surface area contributed by atoms with Crippen LogP contribution in [0.25, 0.3) is 10.9 Å². The van der Waals surface area contributed by atoms with E-state index in [1.54, 1.807) is 4.90 Å². The zero-order valence-corrected chi connectivity index (χ0v) is 14.5. The molecule has 0 radical (unpaired) electrons. The summed E-state index contributed by atoms with van der Waals surface area (Å²) in [5.41, 5.74) is 1.58. The van der Waals surface area contributed by atoms with Gasteiger partial charge >= 0.3 is 0 Å². The van der Waals surface area contributed by atoms with E-state index in [9.17, 15) is 4.79 Å². The summed E-state index contributed by atoms with van der Waals surface area (Å²) in [4.78, 5) is 14.5. The van der Waals surface area contributed by atoms with Crippen LogP contribution in [0.1, 0.15) is 36.2 Å². The average molecular weight is 335 g/mol. The number of nitrogens with zero attached hydrogens (tertiary/aromatic N) is 2. The number of carbonyl (C=O) groups is 1. The monoisotopic (exact) mass is 334 g/mol. The predicted octanol–water partition coefficient (Wildman–Crippen LogP) is 3.86. The van der Waals surface area contributed by atoms with Crippen molar-refractivity contribution >= 4 is 28.4 Å². The Labute approximate surface area is 142 Å². The zero-order chi connectivity index (χ0) is 16.4. The molecule has 1 atom stereocenters. The second-order valence-corrected chi connectivity index (χ2v) is 6.68. The van der Waals surface area contributed by atoms with Gasteiger partial charge in [-0.3, -0.25) is 4.79 Å². The van der Waals surface area contributed by atoms with E-state index in [0.29, 0.717) is 16.8 Å². The number of halogens is 1. The molecule has 3 rings (SSSR count). The normalized spacial score (nSPS) is 17.8. The summed E-state index contributed by atoms with van der Waals surface area (Å²) in [6.07, 6.45) is 4.70. The molecule has 2 aromatic rings. The van der Waals surface area contributed by atoms with E-state index in [2.05, 4.69) is 0 Å². The van der Waals surface area contributed by atoms with Gasteiger partial charge in [0.05, 0.1) is 16.6 Å². The third kappa shape index (κ3) is 3.38. The Morgan fingerprint density at radius 3 is 3.00 bits per heavy atom.